The molecular weight excluding hydrogens is 380 g/mol. The fourth-order valence-corrected chi connectivity index (χ4v) is 2.35. The van der Waals surface area contributed by atoms with Gasteiger partial charge in [-0.1, -0.05) is 35.3 Å². The highest BCUT2D eigenvalue weighted by molar-refractivity contribution is 7.90. The van der Waals surface area contributed by atoms with E-state index in [0.29, 0.717) is 0 Å². The second-order valence-corrected chi connectivity index (χ2v) is 7.47. The normalized spacial score (nSPS) is 14.1. The molecule has 0 bridgehead atoms. The van der Waals surface area contributed by atoms with E-state index >= 15 is 0 Å². The van der Waals surface area contributed by atoms with Gasteiger partial charge in [-0.15, -0.1) is 12.4 Å². The third kappa shape index (κ3) is 5.89. The molecule has 0 saturated carbocycles. The molecule has 2 atom stereocenters. The molecule has 0 saturated heterocycles. The minimum absolute atomic E-state index is 0. The Balaban J connectivity index is 0.00000441. The van der Waals surface area contributed by atoms with Crippen LogP contribution in [0.2, 0.25) is 0 Å². The van der Waals surface area contributed by atoms with Crippen LogP contribution in [0.4, 0.5) is 4.39 Å². The van der Waals surface area contributed by atoms with Gasteiger partial charge in [0.2, 0.25) is 0 Å². The van der Waals surface area contributed by atoms with Gasteiger partial charge in [0.05, 0.1) is 10.9 Å². The fraction of sp³-hybridized carbons (Fsp3) is 0.417. The lowest BCUT2D eigenvalue weighted by Gasteiger charge is -2.22. The van der Waals surface area contributed by atoms with Crippen molar-refractivity contribution in [3.05, 3.63) is 29.8 Å². The zero-order chi connectivity index (χ0) is 16.2. The standard InChI is InChI=1S/C12H14Cl2FNO4S.ClH/c1-21(19,20)8-4-2-7(3-5-8)10(17)9(6-15)16-12(18)11(13)14;/h2-5,9-11,17H,6H2,1H3,(H,16,18);1H/t9-,10-;/m1./s1. The number of rotatable bonds is 6. The maximum atomic E-state index is 12.9. The second kappa shape index (κ2) is 8.88. The molecule has 0 aromatic heterocycles. The number of halogens is 4. The van der Waals surface area contributed by atoms with Gasteiger partial charge in [-0.2, -0.15) is 0 Å². The van der Waals surface area contributed by atoms with E-state index in [1.165, 1.54) is 24.3 Å². The van der Waals surface area contributed by atoms with Gasteiger partial charge in [-0.05, 0) is 17.7 Å². The van der Waals surface area contributed by atoms with Gasteiger partial charge in [0, 0.05) is 6.26 Å². The van der Waals surface area contributed by atoms with Crippen LogP contribution in [-0.4, -0.2) is 43.2 Å². The first-order chi connectivity index (χ1) is 9.66. The van der Waals surface area contributed by atoms with Gasteiger partial charge >= 0.3 is 0 Å². The Bertz CT molecular complexity index is 595. The van der Waals surface area contributed by atoms with Crippen molar-refractivity contribution in [3.8, 4) is 0 Å². The predicted octanol–water partition coefficient (Wildman–Crippen LogP) is 1.80. The van der Waals surface area contributed by atoms with E-state index in [0.717, 1.165) is 6.26 Å². The summed E-state index contributed by atoms with van der Waals surface area (Å²) in [5, 5.41) is 12.2. The number of benzene rings is 1. The summed E-state index contributed by atoms with van der Waals surface area (Å²) in [6, 6.07) is 4.03. The number of aliphatic hydroxyl groups is 1. The first kappa shape index (κ1) is 21.4. The lowest BCUT2D eigenvalue weighted by Crippen LogP contribution is -2.43. The van der Waals surface area contributed by atoms with Gasteiger partial charge in [0.1, 0.15) is 12.8 Å². The van der Waals surface area contributed by atoms with Crippen molar-refractivity contribution in [2.75, 3.05) is 12.9 Å². The Kier molecular flexibility index (Phi) is 8.64. The van der Waals surface area contributed by atoms with Crippen molar-refractivity contribution in [2.45, 2.75) is 21.9 Å². The van der Waals surface area contributed by atoms with Crippen molar-refractivity contribution >= 4 is 51.4 Å². The summed E-state index contributed by atoms with van der Waals surface area (Å²) in [5.41, 5.74) is 0.256. The number of carbonyl (C=O) groups is 1. The molecule has 0 fully saturated rings. The molecule has 0 aliphatic rings. The average molecular weight is 395 g/mol. The highest BCUT2D eigenvalue weighted by Gasteiger charge is 2.25. The molecule has 1 aromatic carbocycles. The number of alkyl halides is 3. The third-order valence-electron chi connectivity index (χ3n) is 2.72. The van der Waals surface area contributed by atoms with E-state index in [9.17, 15) is 22.7 Å². The molecule has 0 aliphatic carbocycles. The van der Waals surface area contributed by atoms with Crippen LogP contribution >= 0.6 is 35.6 Å². The molecule has 0 unspecified atom stereocenters. The first-order valence-corrected chi connectivity index (χ1v) is 8.55. The largest absolute Gasteiger partial charge is 0.386 e. The molecule has 0 aliphatic heterocycles. The summed E-state index contributed by atoms with van der Waals surface area (Å²) < 4.78 is 35.6. The maximum absolute atomic E-state index is 12.9. The van der Waals surface area contributed by atoms with Crippen LogP contribution < -0.4 is 5.32 Å². The topological polar surface area (TPSA) is 83.5 Å². The van der Waals surface area contributed by atoms with Gasteiger partial charge in [-0.25, -0.2) is 12.8 Å². The van der Waals surface area contributed by atoms with Gasteiger partial charge in [-0.3, -0.25) is 4.79 Å². The second-order valence-electron chi connectivity index (χ2n) is 4.36. The Morgan fingerprint density at radius 3 is 2.18 bits per heavy atom. The van der Waals surface area contributed by atoms with E-state index < -0.39 is 39.4 Å². The molecule has 0 heterocycles. The quantitative estimate of drug-likeness (QED) is 0.721. The lowest BCUT2D eigenvalue weighted by molar-refractivity contribution is -0.121. The van der Waals surface area contributed by atoms with E-state index in [1.807, 2.05) is 0 Å². The van der Waals surface area contributed by atoms with Crippen molar-refractivity contribution in [1.82, 2.24) is 5.32 Å². The van der Waals surface area contributed by atoms with Crippen LogP contribution in [0.15, 0.2) is 29.2 Å². The van der Waals surface area contributed by atoms with E-state index in [2.05, 4.69) is 5.32 Å². The summed E-state index contributed by atoms with van der Waals surface area (Å²) in [4.78, 5) is 10.00. The summed E-state index contributed by atoms with van der Waals surface area (Å²) >= 11 is 10.7. The highest BCUT2D eigenvalue weighted by atomic mass is 35.5. The minimum Gasteiger partial charge on any atom is -0.386 e. The molecule has 1 amide bonds. The number of nitrogens with one attached hydrogen (secondary N) is 1. The molecule has 1 rings (SSSR count). The minimum atomic E-state index is -3.36. The molecule has 22 heavy (non-hydrogen) atoms. The van der Waals surface area contributed by atoms with Crippen molar-refractivity contribution in [3.63, 3.8) is 0 Å². The van der Waals surface area contributed by atoms with Crippen LogP contribution in [0.25, 0.3) is 0 Å². The lowest BCUT2D eigenvalue weighted by atomic mass is 10.0. The van der Waals surface area contributed by atoms with Crippen molar-refractivity contribution in [1.29, 1.82) is 0 Å². The van der Waals surface area contributed by atoms with E-state index in [-0.39, 0.29) is 22.9 Å². The molecule has 0 spiro atoms. The van der Waals surface area contributed by atoms with Crippen LogP contribution in [0.5, 0.6) is 0 Å². The molecule has 5 nitrogen and oxygen atoms in total. The summed E-state index contributed by atoms with van der Waals surface area (Å²) in [6.45, 7) is -1.04. The molecule has 2 N–H and O–H groups in total. The maximum Gasteiger partial charge on any atom is 0.253 e. The van der Waals surface area contributed by atoms with Crippen molar-refractivity contribution < 1.29 is 22.7 Å². The molecule has 10 heteroatoms. The molecular formula is C12H15Cl3FNO4S. The number of aliphatic hydroxyl groups excluding tert-OH is 1. The Labute approximate surface area is 144 Å². The third-order valence-corrected chi connectivity index (χ3v) is 4.25. The van der Waals surface area contributed by atoms with Crippen LogP contribution in [0, 0.1) is 0 Å². The predicted molar refractivity (Wildman–Crippen MR) is 85.2 cm³/mol. The van der Waals surface area contributed by atoms with Crippen LogP contribution in [0.1, 0.15) is 11.7 Å². The van der Waals surface area contributed by atoms with Crippen LogP contribution in [0.3, 0.4) is 0 Å². The number of amides is 1. The van der Waals surface area contributed by atoms with Gasteiger partial charge in [0.25, 0.3) is 5.91 Å². The van der Waals surface area contributed by atoms with Crippen LogP contribution in [-0.2, 0) is 14.6 Å². The fourth-order valence-electron chi connectivity index (χ4n) is 1.59. The Morgan fingerprint density at radius 1 is 1.32 bits per heavy atom. The smallest absolute Gasteiger partial charge is 0.253 e. The molecule has 1 aromatic rings. The zero-order valence-corrected chi connectivity index (χ0v) is 14.5. The summed E-state index contributed by atoms with van der Waals surface area (Å²) in [6.07, 6.45) is -0.316. The summed E-state index contributed by atoms with van der Waals surface area (Å²) in [5.74, 6) is -0.826. The SMILES string of the molecule is CS(=O)(=O)c1ccc([C@@H](O)[C@@H](CF)NC(=O)C(Cl)Cl)cc1.Cl. The molecule has 0 radical (unpaired) electrons. The van der Waals surface area contributed by atoms with Gasteiger partial charge in [0.15, 0.2) is 14.7 Å². The summed E-state index contributed by atoms with van der Waals surface area (Å²) in [7, 11) is -3.36. The number of hydrogen-bond acceptors (Lipinski definition) is 4. The number of sulfone groups is 1. The number of hydrogen-bond donors (Lipinski definition) is 2. The van der Waals surface area contributed by atoms with Crippen molar-refractivity contribution in [2.24, 2.45) is 0 Å². The monoisotopic (exact) mass is 393 g/mol. The average Bonchev–Trinajstić information content (AvgIpc) is 2.42. The highest BCUT2D eigenvalue weighted by Crippen LogP contribution is 2.20. The molecule has 126 valence electrons. The van der Waals surface area contributed by atoms with Gasteiger partial charge < -0.3 is 10.4 Å². The van der Waals surface area contributed by atoms with E-state index in [4.69, 9.17) is 23.2 Å². The Hall–Kier alpha value is -0.600. The zero-order valence-electron chi connectivity index (χ0n) is 11.4. The first-order valence-electron chi connectivity index (χ1n) is 5.79. The Morgan fingerprint density at radius 2 is 1.82 bits per heavy atom. The van der Waals surface area contributed by atoms with E-state index in [1.54, 1.807) is 0 Å². The number of carbonyl (C=O) groups excluding carboxylic acids is 1.